The Morgan fingerprint density at radius 1 is 1.43 bits per heavy atom. The fourth-order valence-corrected chi connectivity index (χ4v) is 2.27. The van der Waals surface area contributed by atoms with Gasteiger partial charge in [0.1, 0.15) is 5.78 Å². The summed E-state index contributed by atoms with van der Waals surface area (Å²) in [6.45, 7) is 1.59. The molecule has 0 fully saturated rings. The molecule has 2 nitrogen and oxygen atoms in total. The molecule has 0 aromatic heterocycles. The summed E-state index contributed by atoms with van der Waals surface area (Å²) in [5.74, 6) is -0.0991. The summed E-state index contributed by atoms with van der Waals surface area (Å²) in [5, 5.41) is 0. The van der Waals surface area contributed by atoms with Crippen LogP contribution in [0.4, 0.5) is 5.69 Å². The van der Waals surface area contributed by atoms with Crippen LogP contribution >= 0.6 is 12.2 Å². The zero-order chi connectivity index (χ0) is 10.3. The summed E-state index contributed by atoms with van der Waals surface area (Å²) in [6.07, 6.45) is 0. The number of hydrogen-bond acceptors (Lipinski definition) is 2. The van der Waals surface area contributed by atoms with Crippen molar-refractivity contribution >= 4 is 28.7 Å². The van der Waals surface area contributed by atoms with E-state index < -0.39 is 0 Å². The van der Waals surface area contributed by atoms with Crippen molar-refractivity contribution in [2.45, 2.75) is 12.8 Å². The molecule has 0 amide bonds. The van der Waals surface area contributed by atoms with E-state index in [9.17, 15) is 4.79 Å². The molecule has 2 rings (SSSR count). The summed E-state index contributed by atoms with van der Waals surface area (Å²) in [5.41, 5.74) is 2.09. The number of carbonyl (C=O) groups is 1. The number of likely N-dealkylation sites (N-methyl/N-ethyl adjacent to an activating group) is 1. The van der Waals surface area contributed by atoms with E-state index in [0.29, 0.717) is 4.99 Å². The van der Waals surface area contributed by atoms with Crippen LogP contribution in [0.2, 0.25) is 0 Å². The van der Waals surface area contributed by atoms with E-state index in [-0.39, 0.29) is 11.7 Å². The first-order chi connectivity index (χ1) is 6.63. The summed E-state index contributed by atoms with van der Waals surface area (Å²) in [7, 11) is 1.91. The lowest BCUT2D eigenvalue weighted by Crippen LogP contribution is -2.25. The van der Waals surface area contributed by atoms with Crippen LogP contribution in [0.1, 0.15) is 18.4 Å². The zero-order valence-corrected chi connectivity index (χ0v) is 8.97. The predicted octanol–water partition coefficient (Wildman–Crippen LogP) is 2.14. The highest BCUT2D eigenvalue weighted by Crippen LogP contribution is 2.37. The number of anilines is 1. The number of Topliss-reactive ketones (excluding diaryl/α,β-unsaturated/α-hetero) is 1. The topological polar surface area (TPSA) is 20.3 Å². The Morgan fingerprint density at radius 2 is 2.07 bits per heavy atom. The van der Waals surface area contributed by atoms with Crippen LogP contribution in [0, 0.1) is 0 Å². The van der Waals surface area contributed by atoms with Crippen LogP contribution in [-0.4, -0.2) is 17.8 Å². The second-order valence-corrected chi connectivity index (χ2v) is 3.92. The second-order valence-electron chi connectivity index (χ2n) is 3.50. The van der Waals surface area contributed by atoms with Gasteiger partial charge >= 0.3 is 0 Å². The smallest absolute Gasteiger partial charge is 0.144 e. The van der Waals surface area contributed by atoms with Crippen LogP contribution in [-0.2, 0) is 4.79 Å². The van der Waals surface area contributed by atoms with E-state index in [0.717, 1.165) is 11.3 Å². The minimum atomic E-state index is -0.216. The Balaban J connectivity index is 2.59. The first-order valence-electron chi connectivity index (χ1n) is 4.50. The molecular formula is C11H11NOS. The largest absolute Gasteiger partial charge is 0.338 e. The van der Waals surface area contributed by atoms with Crippen molar-refractivity contribution in [3.05, 3.63) is 29.8 Å². The monoisotopic (exact) mass is 205 g/mol. The number of rotatable bonds is 1. The Kier molecular flexibility index (Phi) is 2.11. The van der Waals surface area contributed by atoms with E-state index in [1.54, 1.807) is 6.92 Å². The van der Waals surface area contributed by atoms with Crippen molar-refractivity contribution in [3.8, 4) is 0 Å². The fraction of sp³-hybridized carbons (Fsp3) is 0.273. The molecule has 0 N–H and O–H groups in total. The first-order valence-corrected chi connectivity index (χ1v) is 4.90. The van der Waals surface area contributed by atoms with Gasteiger partial charge in [-0.05, 0) is 18.6 Å². The van der Waals surface area contributed by atoms with Crippen molar-refractivity contribution in [1.82, 2.24) is 0 Å². The van der Waals surface area contributed by atoms with E-state index >= 15 is 0 Å². The Labute approximate surface area is 88.5 Å². The number of nitrogens with zero attached hydrogens (tertiary/aromatic N) is 1. The molecule has 1 aromatic rings. The lowest BCUT2D eigenvalue weighted by atomic mass is 9.98. The molecule has 0 spiro atoms. The molecule has 1 unspecified atom stereocenters. The van der Waals surface area contributed by atoms with Gasteiger partial charge in [-0.3, -0.25) is 4.79 Å². The van der Waals surface area contributed by atoms with E-state index in [1.807, 2.05) is 36.2 Å². The summed E-state index contributed by atoms with van der Waals surface area (Å²) in [6, 6.07) is 7.86. The molecule has 1 heterocycles. The second kappa shape index (κ2) is 3.17. The van der Waals surface area contributed by atoms with Crippen LogP contribution in [0.15, 0.2) is 24.3 Å². The van der Waals surface area contributed by atoms with Gasteiger partial charge in [0, 0.05) is 12.7 Å². The third-order valence-electron chi connectivity index (χ3n) is 2.59. The van der Waals surface area contributed by atoms with E-state index in [2.05, 4.69) is 0 Å². The maximum Gasteiger partial charge on any atom is 0.144 e. The van der Waals surface area contributed by atoms with E-state index in [4.69, 9.17) is 12.2 Å². The van der Waals surface area contributed by atoms with Crippen molar-refractivity contribution in [1.29, 1.82) is 0 Å². The number of ketones is 1. The molecule has 1 aliphatic rings. The summed E-state index contributed by atoms with van der Waals surface area (Å²) in [4.78, 5) is 14.1. The maximum atomic E-state index is 11.5. The molecule has 0 radical (unpaired) electrons. The van der Waals surface area contributed by atoms with Crippen LogP contribution in [0.25, 0.3) is 0 Å². The molecule has 0 bridgehead atoms. The maximum absolute atomic E-state index is 11.5. The molecule has 1 atom stereocenters. The lowest BCUT2D eigenvalue weighted by Gasteiger charge is -2.12. The van der Waals surface area contributed by atoms with Gasteiger partial charge < -0.3 is 4.90 Å². The Morgan fingerprint density at radius 3 is 2.71 bits per heavy atom. The standard InChI is InChI=1S/C11H11NOS/c1-7(13)10-8-5-3-4-6-9(8)12(2)11(10)14/h3-6,10H,1-2H3. The quantitative estimate of drug-likeness (QED) is 0.655. The van der Waals surface area contributed by atoms with Gasteiger partial charge in [0.25, 0.3) is 0 Å². The van der Waals surface area contributed by atoms with Crippen molar-refractivity contribution < 1.29 is 4.79 Å². The van der Waals surface area contributed by atoms with E-state index in [1.165, 1.54) is 0 Å². The summed E-state index contributed by atoms with van der Waals surface area (Å²) < 4.78 is 0. The molecule has 1 aliphatic heterocycles. The number of para-hydroxylation sites is 1. The van der Waals surface area contributed by atoms with Gasteiger partial charge in [0.05, 0.1) is 10.9 Å². The first kappa shape index (κ1) is 9.34. The third kappa shape index (κ3) is 1.16. The number of hydrogen-bond donors (Lipinski definition) is 0. The van der Waals surface area contributed by atoms with Gasteiger partial charge in [-0.25, -0.2) is 0 Å². The molecule has 0 saturated carbocycles. The van der Waals surface area contributed by atoms with Crippen molar-refractivity contribution in [3.63, 3.8) is 0 Å². The molecule has 0 aliphatic carbocycles. The SMILES string of the molecule is CC(=O)C1C(=S)N(C)c2ccccc21. The lowest BCUT2D eigenvalue weighted by molar-refractivity contribution is -0.116. The molecule has 1 aromatic carbocycles. The molecular weight excluding hydrogens is 194 g/mol. The summed E-state index contributed by atoms with van der Waals surface area (Å²) >= 11 is 5.25. The Bertz CT molecular complexity index is 414. The minimum Gasteiger partial charge on any atom is -0.338 e. The number of carbonyl (C=O) groups excluding carboxylic acids is 1. The molecule has 14 heavy (non-hydrogen) atoms. The van der Waals surface area contributed by atoms with Crippen LogP contribution in [0.3, 0.4) is 0 Å². The predicted molar refractivity (Wildman–Crippen MR) is 60.9 cm³/mol. The highest BCUT2D eigenvalue weighted by Gasteiger charge is 2.34. The number of fused-ring (bicyclic) bond motifs is 1. The molecule has 3 heteroatoms. The van der Waals surface area contributed by atoms with Gasteiger partial charge in [0.15, 0.2) is 0 Å². The van der Waals surface area contributed by atoms with Gasteiger partial charge in [-0.2, -0.15) is 0 Å². The zero-order valence-electron chi connectivity index (χ0n) is 8.15. The third-order valence-corrected chi connectivity index (χ3v) is 3.10. The van der Waals surface area contributed by atoms with Gasteiger partial charge in [-0.1, -0.05) is 30.4 Å². The fourth-order valence-electron chi connectivity index (χ4n) is 1.88. The average molecular weight is 205 g/mol. The molecule has 72 valence electrons. The normalized spacial score (nSPS) is 19.7. The highest BCUT2D eigenvalue weighted by molar-refractivity contribution is 7.80. The van der Waals surface area contributed by atoms with Crippen molar-refractivity contribution in [2.24, 2.45) is 0 Å². The minimum absolute atomic E-state index is 0.117. The van der Waals surface area contributed by atoms with Crippen LogP contribution in [0.5, 0.6) is 0 Å². The van der Waals surface area contributed by atoms with Gasteiger partial charge in [-0.15, -0.1) is 0 Å². The van der Waals surface area contributed by atoms with Gasteiger partial charge in [0.2, 0.25) is 0 Å². The van der Waals surface area contributed by atoms with Crippen molar-refractivity contribution in [2.75, 3.05) is 11.9 Å². The number of benzene rings is 1. The number of thiocarbonyl (C=S) groups is 1. The average Bonchev–Trinajstić information content (AvgIpc) is 2.41. The highest BCUT2D eigenvalue weighted by atomic mass is 32.1. The molecule has 0 saturated heterocycles. The van der Waals surface area contributed by atoms with Crippen LogP contribution < -0.4 is 4.90 Å². The Hall–Kier alpha value is -1.22.